The number of nitrogens with zero attached hydrogens (tertiary/aromatic N) is 2. The first-order valence-electron chi connectivity index (χ1n) is 12.3. The Balaban J connectivity index is 0.00000320. The molecule has 1 aliphatic carbocycles. The van der Waals surface area contributed by atoms with E-state index in [-0.39, 0.29) is 22.8 Å². The number of halogens is 2. The molecule has 1 saturated heterocycles. The number of rotatable bonds is 6. The number of quaternary nitrogens is 1. The van der Waals surface area contributed by atoms with Gasteiger partial charge in [0.1, 0.15) is 6.54 Å². The van der Waals surface area contributed by atoms with Crippen molar-refractivity contribution in [3.05, 3.63) is 93.0 Å². The van der Waals surface area contributed by atoms with Gasteiger partial charge in [-0.3, -0.25) is 4.79 Å². The summed E-state index contributed by atoms with van der Waals surface area (Å²) in [6, 6.07) is 20.9. The molecular weight excluding hydrogens is 596 g/mol. The van der Waals surface area contributed by atoms with E-state index < -0.39 is 0 Å². The fraction of sp³-hybridized carbons (Fsp3) is 0.300. The Kier molecular flexibility index (Phi) is 8.46. The Hall–Kier alpha value is -2.61. The highest BCUT2D eigenvalue weighted by Crippen LogP contribution is 2.37. The van der Waals surface area contributed by atoms with Gasteiger partial charge in [0, 0.05) is 33.3 Å². The van der Waals surface area contributed by atoms with Gasteiger partial charge in [-0.2, -0.15) is 0 Å². The molecule has 5 rings (SSSR count). The first kappa shape index (κ1) is 27.4. The third-order valence-electron chi connectivity index (χ3n) is 7.40. The maximum Gasteiger partial charge on any atom is 0.189 e. The minimum atomic E-state index is 0. The summed E-state index contributed by atoms with van der Waals surface area (Å²) in [7, 11) is 5.56. The number of ketones is 1. The average Bonchev–Trinajstić information content (AvgIpc) is 3.18. The van der Waals surface area contributed by atoms with Gasteiger partial charge in [0.15, 0.2) is 17.3 Å². The maximum atomic E-state index is 13.0. The van der Waals surface area contributed by atoms with Crippen LogP contribution in [0.5, 0.6) is 11.5 Å². The van der Waals surface area contributed by atoms with Crippen LogP contribution in [0.3, 0.4) is 0 Å². The second kappa shape index (κ2) is 11.4. The highest BCUT2D eigenvalue weighted by molar-refractivity contribution is 9.10. The van der Waals surface area contributed by atoms with Crippen LogP contribution in [0, 0.1) is 0 Å². The van der Waals surface area contributed by atoms with E-state index in [1.165, 1.54) is 11.3 Å². The summed E-state index contributed by atoms with van der Waals surface area (Å²) in [4.78, 5) is 15.5. The molecule has 37 heavy (non-hydrogen) atoms. The van der Waals surface area contributed by atoms with Crippen molar-refractivity contribution in [1.29, 1.82) is 0 Å². The first-order chi connectivity index (χ1) is 17.4. The number of carbonyl (C=O) groups excluding carboxylic acids is 1. The van der Waals surface area contributed by atoms with Crippen LogP contribution >= 0.6 is 15.9 Å². The minimum absolute atomic E-state index is 0. The fourth-order valence-electron chi connectivity index (χ4n) is 5.28. The molecule has 0 spiro atoms. The zero-order chi connectivity index (χ0) is 25.3. The van der Waals surface area contributed by atoms with Gasteiger partial charge in [-0.05, 0) is 53.6 Å². The van der Waals surface area contributed by atoms with E-state index in [0.29, 0.717) is 23.5 Å². The third-order valence-corrected chi connectivity index (χ3v) is 7.89. The summed E-state index contributed by atoms with van der Waals surface area (Å²) in [6.45, 7) is 5.33. The van der Waals surface area contributed by atoms with Crippen LogP contribution in [0.4, 0.5) is 5.69 Å². The monoisotopic (exact) mass is 626 g/mol. The SMILES string of the molecule is COc1cc2c(cc1OC)C(=O)/C(=C/c1ccc(N3CC[N+](C)(Cc4cccc(Br)c4)CC3)cc1)C2.[Br-]. The van der Waals surface area contributed by atoms with Gasteiger partial charge in [0.2, 0.25) is 0 Å². The van der Waals surface area contributed by atoms with E-state index in [2.05, 4.69) is 76.4 Å². The number of hydrogen-bond donors (Lipinski definition) is 0. The number of allylic oxidation sites excluding steroid dienone is 1. The third kappa shape index (κ3) is 5.95. The average molecular weight is 628 g/mol. The largest absolute Gasteiger partial charge is 1.00 e. The number of fused-ring (bicyclic) bond motifs is 1. The molecule has 0 radical (unpaired) electrons. The van der Waals surface area contributed by atoms with Crippen LogP contribution in [0.2, 0.25) is 0 Å². The van der Waals surface area contributed by atoms with Gasteiger partial charge in [-0.1, -0.05) is 40.2 Å². The van der Waals surface area contributed by atoms with E-state index in [1.54, 1.807) is 20.3 Å². The van der Waals surface area contributed by atoms with E-state index >= 15 is 0 Å². The number of ether oxygens (including phenoxy) is 2. The van der Waals surface area contributed by atoms with Crippen LogP contribution in [0.25, 0.3) is 6.08 Å². The lowest BCUT2D eigenvalue weighted by atomic mass is 10.1. The van der Waals surface area contributed by atoms with Crippen LogP contribution in [-0.4, -0.2) is 57.7 Å². The Labute approximate surface area is 238 Å². The van der Waals surface area contributed by atoms with Crippen molar-refractivity contribution >= 4 is 33.5 Å². The van der Waals surface area contributed by atoms with E-state index in [9.17, 15) is 4.79 Å². The number of hydrogen-bond acceptors (Lipinski definition) is 4. The molecule has 0 aromatic heterocycles. The summed E-state index contributed by atoms with van der Waals surface area (Å²) in [6.07, 6.45) is 2.62. The van der Waals surface area contributed by atoms with Gasteiger partial charge >= 0.3 is 0 Å². The summed E-state index contributed by atoms with van der Waals surface area (Å²) < 4.78 is 13.0. The molecule has 0 saturated carbocycles. The Bertz CT molecular complexity index is 1310. The molecule has 1 aliphatic heterocycles. The van der Waals surface area contributed by atoms with Crippen LogP contribution < -0.4 is 31.4 Å². The van der Waals surface area contributed by atoms with Gasteiger partial charge < -0.3 is 35.8 Å². The van der Waals surface area contributed by atoms with Crippen molar-refractivity contribution in [2.75, 3.05) is 52.3 Å². The lowest BCUT2D eigenvalue weighted by Gasteiger charge is -2.43. The highest BCUT2D eigenvalue weighted by atomic mass is 79.9. The number of anilines is 1. The molecule has 7 heteroatoms. The normalized spacial score (nSPS) is 17.4. The van der Waals surface area contributed by atoms with E-state index in [0.717, 1.165) is 58.4 Å². The molecule has 3 aromatic carbocycles. The number of Topliss-reactive ketones (excluding diaryl/α,β-unsaturated/α-hetero) is 1. The second-order valence-electron chi connectivity index (χ2n) is 9.97. The molecule has 1 heterocycles. The van der Waals surface area contributed by atoms with Crippen molar-refractivity contribution in [3.8, 4) is 11.5 Å². The molecule has 194 valence electrons. The molecule has 0 bridgehead atoms. The predicted molar refractivity (Wildman–Crippen MR) is 148 cm³/mol. The maximum absolute atomic E-state index is 13.0. The van der Waals surface area contributed by atoms with Crippen molar-refractivity contribution in [2.45, 2.75) is 13.0 Å². The number of methoxy groups -OCH3 is 2. The molecule has 0 N–H and O–H groups in total. The molecule has 2 aliphatic rings. The highest BCUT2D eigenvalue weighted by Gasteiger charge is 2.30. The summed E-state index contributed by atoms with van der Waals surface area (Å²) in [5, 5.41) is 0. The number of carbonyl (C=O) groups is 1. The van der Waals surface area contributed by atoms with Crippen molar-refractivity contribution in [3.63, 3.8) is 0 Å². The van der Waals surface area contributed by atoms with Gasteiger partial charge in [-0.25, -0.2) is 0 Å². The molecule has 3 aromatic rings. The number of piperazine rings is 1. The van der Waals surface area contributed by atoms with E-state index in [1.807, 2.05) is 12.1 Å². The van der Waals surface area contributed by atoms with Crippen LogP contribution in [0.15, 0.2) is 70.7 Å². The quantitative estimate of drug-likeness (QED) is 0.311. The predicted octanol–water partition coefficient (Wildman–Crippen LogP) is 2.76. The second-order valence-corrected chi connectivity index (χ2v) is 10.9. The van der Waals surface area contributed by atoms with Crippen LogP contribution in [0.1, 0.15) is 27.0 Å². The lowest BCUT2D eigenvalue weighted by Crippen LogP contribution is -3.00. The standard InChI is InChI=1S/C30H32BrN2O3.BrH/c1-33(20-22-5-4-6-25(31)16-22)13-11-32(12-14-33)26-9-7-21(8-10-26)15-24-17-23-18-28(35-2)29(36-3)19-27(23)30(24)34;/h4-10,15-16,18-19H,11-14,17,20H2,1-3H3;1H/q+1;/p-1/b24-15+;. The van der Waals surface area contributed by atoms with Gasteiger partial charge in [0.25, 0.3) is 0 Å². The first-order valence-corrected chi connectivity index (χ1v) is 13.1. The Morgan fingerprint density at radius 1 is 0.973 bits per heavy atom. The summed E-state index contributed by atoms with van der Waals surface area (Å²) in [5.41, 5.74) is 6.14. The van der Waals surface area contributed by atoms with E-state index in [4.69, 9.17) is 9.47 Å². The Morgan fingerprint density at radius 3 is 2.30 bits per heavy atom. The zero-order valence-electron chi connectivity index (χ0n) is 21.5. The topological polar surface area (TPSA) is 38.8 Å². The molecule has 5 nitrogen and oxygen atoms in total. The molecule has 0 atom stereocenters. The lowest BCUT2D eigenvalue weighted by molar-refractivity contribution is -0.923. The number of likely N-dealkylation sites (N-methyl/N-ethyl adjacent to an activating group) is 1. The Morgan fingerprint density at radius 2 is 1.65 bits per heavy atom. The zero-order valence-corrected chi connectivity index (χ0v) is 24.6. The smallest absolute Gasteiger partial charge is 0.189 e. The molecular formula is C30H32Br2N2O3. The molecule has 0 unspecified atom stereocenters. The summed E-state index contributed by atoms with van der Waals surface area (Å²) in [5.74, 6) is 1.30. The van der Waals surface area contributed by atoms with Gasteiger partial charge in [-0.15, -0.1) is 0 Å². The minimum Gasteiger partial charge on any atom is -1.00 e. The molecule has 1 fully saturated rings. The van der Waals surface area contributed by atoms with Crippen molar-refractivity contribution < 1.29 is 35.7 Å². The number of benzene rings is 3. The van der Waals surface area contributed by atoms with Gasteiger partial charge in [0.05, 0.1) is 47.4 Å². The molecule has 0 amide bonds. The van der Waals surface area contributed by atoms with Crippen molar-refractivity contribution in [2.24, 2.45) is 0 Å². The fourth-order valence-corrected chi connectivity index (χ4v) is 5.72. The van der Waals surface area contributed by atoms with Crippen LogP contribution in [-0.2, 0) is 13.0 Å². The summed E-state index contributed by atoms with van der Waals surface area (Å²) >= 11 is 3.59. The van der Waals surface area contributed by atoms with Crippen molar-refractivity contribution in [1.82, 2.24) is 0 Å².